The Labute approximate surface area is 88.5 Å². The van der Waals surface area contributed by atoms with Crippen molar-refractivity contribution in [3.05, 3.63) is 34.3 Å². The van der Waals surface area contributed by atoms with Crippen molar-refractivity contribution in [3.8, 4) is 0 Å². The quantitative estimate of drug-likeness (QED) is 0.688. The Morgan fingerprint density at radius 1 is 1.15 bits per heavy atom. The van der Waals surface area contributed by atoms with E-state index >= 15 is 0 Å². The molecular weight excluding hydrogens is 224 g/mol. The Bertz CT molecular complexity index is 310. The molecule has 0 amide bonds. The summed E-state index contributed by atoms with van der Waals surface area (Å²) in [6, 6.07) is 8.74. The SMILES string of the molecule is C[C@H]1[C@H](c2ccc(Br)cc2)C1(C)C. The topological polar surface area (TPSA) is 0 Å². The van der Waals surface area contributed by atoms with E-state index in [-0.39, 0.29) is 0 Å². The molecule has 1 heteroatoms. The molecule has 2 rings (SSSR count). The van der Waals surface area contributed by atoms with E-state index in [1.54, 1.807) is 0 Å². The zero-order valence-corrected chi connectivity index (χ0v) is 9.93. The van der Waals surface area contributed by atoms with Crippen LogP contribution in [-0.4, -0.2) is 0 Å². The molecule has 70 valence electrons. The highest BCUT2D eigenvalue weighted by atomic mass is 79.9. The van der Waals surface area contributed by atoms with Gasteiger partial charge < -0.3 is 0 Å². The summed E-state index contributed by atoms with van der Waals surface area (Å²) in [4.78, 5) is 0. The minimum atomic E-state index is 0.508. The first kappa shape index (κ1) is 9.26. The summed E-state index contributed by atoms with van der Waals surface area (Å²) in [5.41, 5.74) is 1.99. The Morgan fingerprint density at radius 2 is 1.62 bits per heavy atom. The Kier molecular flexibility index (Phi) is 2.03. The highest BCUT2D eigenvalue weighted by Crippen LogP contribution is 2.63. The van der Waals surface area contributed by atoms with Gasteiger partial charge in [-0.25, -0.2) is 0 Å². The van der Waals surface area contributed by atoms with E-state index in [1.165, 1.54) is 10.0 Å². The molecule has 0 aromatic heterocycles. The number of hydrogen-bond acceptors (Lipinski definition) is 0. The summed E-state index contributed by atoms with van der Waals surface area (Å²) in [6.45, 7) is 7.04. The third kappa shape index (κ3) is 1.43. The first-order valence-electron chi connectivity index (χ1n) is 4.79. The lowest BCUT2D eigenvalue weighted by molar-refractivity contribution is 0.575. The summed E-state index contributed by atoms with van der Waals surface area (Å²) in [7, 11) is 0. The van der Waals surface area contributed by atoms with Crippen LogP contribution >= 0.6 is 15.9 Å². The predicted molar refractivity (Wildman–Crippen MR) is 59.8 cm³/mol. The fourth-order valence-electron chi connectivity index (χ4n) is 2.28. The standard InChI is InChI=1S/C12H15Br/c1-8-11(12(8,2)3)9-4-6-10(13)7-5-9/h4-8,11H,1-3H3/t8-,11+/m0/s1. The van der Waals surface area contributed by atoms with Crippen molar-refractivity contribution < 1.29 is 0 Å². The summed E-state index contributed by atoms with van der Waals surface area (Å²) in [6.07, 6.45) is 0. The van der Waals surface area contributed by atoms with Crippen LogP contribution < -0.4 is 0 Å². The lowest BCUT2D eigenvalue weighted by Gasteiger charge is -2.02. The zero-order valence-electron chi connectivity index (χ0n) is 8.34. The maximum Gasteiger partial charge on any atom is 0.0175 e. The van der Waals surface area contributed by atoms with Gasteiger partial charge in [-0.2, -0.15) is 0 Å². The van der Waals surface area contributed by atoms with Crippen molar-refractivity contribution in [2.75, 3.05) is 0 Å². The van der Waals surface area contributed by atoms with Crippen LogP contribution in [0, 0.1) is 11.3 Å². The second kappa shape index (κ2) is 2.84. The van der Waals surface area contributed by atoms with Crippen molar-refractivity contribution in [1.82, 2.24) is 0 Å². The van der Waals surface area contributed by atoms with E-state index < -0.39 is 0 Å². The molecule has 0 N–H and O–H groups in total. The second-order valence-electron chi connectivity index (χ2n) is 4.64. The smallest absolute Gasteiger partial charge is 0.0175 e. The average Bonchev–Trinajstić information content (AvgIpc) is 2.55. The summed E-state index contributed by atoms with van der Waals surface area (Å²) >= 11 is 3.46. The molecule has 0 spiro atoms. The normalized spacial score (nSPS) is 30.2. The molecule has 1 fully saturated rings. The fourth-order valence-corrected chi connectivity index (χ4v) is 2.55. The van der Waals surface area contributed by atoms with Crippen molar-refractivity contribution >= 4 is 15.9 Å². The molecule has 1 aromatic rings. The maximum atomic E-state index is 3.46. The summed E-state index contributed by atoms with van der Waals surface area (Å²) in [5.74, 6) is 1.59. The van der Waals surface area contributed by atoms with Gasteiger partial charge in [0.1, 0.15) is 0 Å². The summed E-state index contributed by atoms with van der Waals surface area (Å²) < 4.78 is 1.17. The summed E-state index contributed by atoms with van der Waals surface area (Å²) in [5, 5.41) is 0. The lowest BCUT2D eigenvalue weighted by Crippen LogP contribution is -1.89. The van der Waals surface area contributed by atoms with Gasteiger partial charge in [0.15, 0.2) is 0 Å². The van der Waals surface area contributed by atoms with Crippen LogP contribution in [0.1, 0.15) is 32.3 Å². The molecule has 1 aliphatic rings. The monoisotopic (exact) mass is 238 g/mol. The van der Waals surface area contributed by atoms with Gasteiger partial charge in [0.25, 0.3) is 0 Å². The van der Waals surface area contributed by atoms with E-state index in [9.17, 15) is 0 Å². The minimum Gasteiger partial charge on any atom is -0.0614 e. The van der Waals surface area contributed by atoms with Crippen LogP contribution in [-0.2, 0) is 0 Å². The van der Waals surface area contributed by atoms with Crippen LogP contribution in [0.15, 0.2) is 28.7 Å². The van der Waals surface area contributed by atoms with Crippen LogP contribution in [0.3, 0.4) is 0 Å². The molecule has 0 aliphatic heterocycles. The molecular formula is C12H15Br. The Morgan fingerprint density at radius 3 is 2.00 bits per heavy atom. The Balaban J connectivity index is 2.25. The van der Waals surface area contributed by atoms with E-state index in [0.717, 1.165) is 11.8 Å². The highest BCUT2D eigenvalue weighted by Gasteiger charge is 2.54. The van der Waals surface area contributed by atoms with Gasteiger partial charge in [-0.05, 0) is 34.9 Å². The first-order valence-corrected chi connectivity index (χ1v) is 5.58. The molecule has 2 atom stereocenters. The molecule has 1 aliphatic carbocycles. The lowest BCUT2D eigenvalue weighted by atomic mass is 10.0. The Hall–Kier alpha value is -0.300. The maximum absolute atomic E-state index is 3.46. The van der Waals surface area contributed by atoms with Crippen LogP contribution in [0.25, 0.3) is 0 Å². The van der Waals surface area contributed by atoms with Crippen molar-refractivity contribution in [3.63, 3.8) is 0 Å². The fraction of sp³-hybridized carbons (Fsp3) is 0.500. The van der Waals surface area contributed by atoms with E-state index in [1.807, 2.05) is 0 Å². The van der Waals surface area contributed by atoms with Crippen LogP contribution in [0.2, 0.25) is 0 Å². The molecule has 0 bridgehead atoms. The molecule has 0 saturated heterocycles. The second-order valence-corrected chi connectivity index (χ2v) is 5.55. The van der Waals surface area contributed by atoms with Gasteiger partial charge in [0.2, 0.25) is 0 Å². The average molecular weight is 239 g/mol. The van der Waals surface area contributed by atoms with E-state index in [4.69, 9.17) is 0 Å². The molecule has 0 radical (unpaired) electrons. The number of benzene rings is 1. The van der Waals surface area contributed by atoms with Crippen molar-refractivity contribution in [1.29, 1.82) is 0 Å². The van der Waals surface area contributed by atoms with Crippen LogP contribution in [0.5, 0.6) is 0 Å². The molecule has 1 aromatic carbocycles. The van der Waals surface area contributed by atoms with E-state index in [0.29, 0.717) is 5.41 Å². The van der Waals surface area contributed by atoms with Gasteiger partial charge in [-0.1, -0.05) is 48.8 Å². The van der Waals surface area contributed by atoms with Gasteiger partial charge >= 0.3 is 0 Å². The third-order valence-corrected chi connectivity index (χ3v) is 4.12. The number of rotatable bonds is 1. The highest BCUT2D eigenvalue weighted by molar-refractivity contribution is 9.10. The minimum absolute atomic E-state index is 0.508. The van der Waals surface area contributed by atoms with Crippen LogP contribution in [0.4, 0.5) is 0 Å². The molecule has 0 nitrogen and oxygen atoms in total. The van der Waals surface area contributed by atoms with Gasteiger partial charge in [0.05, 0.1) is 0 Å². The third-order valence-electron chi connectivity index (χ3n) is 3.60. The van der Waals surface area contributed by atoms with Crippen molar-refractivity contribution in [2.24, 2.45) is 11.3 Å². The van der Waals surface area contributed by atoms with Crippen molar-refractivity contribution in [2.45, 2.75) is 26.7 Å². The molecule has 0 heterocycles. The zero-order chi connectivity index (χ0) is 9.64. The van der Waals surface area contributed by atoms with Gasteiger partial charge in [-0.15, -0.1) is 0 Å². The molecule has 13 heavy (non-hydrogen) atoms. The van der Waals surface area contributed by atoms with Gasteiger partial charge in [-0.3, -0.25) is 0 Å². The largest absolute Gasteiger partial charge is 0.0614 e. The first-order chi connectivity index (χ1) is 6.03. The number of hydrogen-bond donors (Lipinski definition) is 0. The number of halogens is 1. The van der Waals surface area contributed by atoms with Gasteiger partial charge in [0, 0.05) is 4.47 Å². The van der Waals surface area contributed by atoms with E-state index in [2.05, 4.69) is 61.0 Å². The molecule has 0 unspecified atom stereocenters. The predicted octanol–water partition coefficient (Wildman–Crippen LogP) is 4.21. The molecule has 1 saturated carbocycles.